The van der Waals surface area contributed by atoms with Crippen molar-refractivity contribution in [3.05, 3.63) is 86.5 Å². The highest BCUT2D eigenvalue weighted by atomic mass is 15.2. The van der Waals surface area contributed by atoms with Crippen molar-refractivity contribution >= 4 is 11.4 Å². The third-order valence-electron chi connectivity index (χ3n) is 7.38. The van der Waals surface area contributed by atoms with Gasteiger partial charge in [0, 0.05) is 22.3 Å². The molecule has 3 rings (SSSR count). The van der Waals surface area contributed by atoms with Gasteiger partial charge in [-0.3, -0.25) is 0 Å². The van der Waals surface area contributed by atoms with Crippen molar-refractivity contribution in [1.29, 1.82) is 0 Å². The van der Waals surface area contributed by atoms with Crippen molar-refractivity contribution in [1.82, 2.24) is 0 Å². The molecule has 1 aliphatic rings. The number of rotatable bonds is 14. The van der Waals surface area contributed by atoms with Crippen LogP contribution in [0.25, 0.3) is 16.9 Å². The van der Waals surface area contributed by atoms with Crippen LogP contribution in [0.2, 0.25) is 0 Å². The fourth-order valence-corrected chi connectivity index (χ4v) is 5.55. The SMILES string of the molecule is CCCCC1=C(c2cc(C)cc(C)c2)[N+](=[N-])C(c2cc(CCCC)cc(CCCC)c2)=C1CCCC. The molecule has 0 aliphatic carbocycles. The lowest BCUT2D eigenvalue weighted by molar-refractivity contribution is -0.345. The molecular formula is C34H48N2. The van der Waals surface area contributed by atoms with E-state index in [1.165, 1.54) is 64.6 Å². The van der Waals surface area contributed by atoms with Crippen LogP contribution in [0.1, 0.15) is 125 Å². The Morgan fingerprint density at radius 3 is 1.33 bits per heavy atom. The van der Waals surface area contributed by atoms with Crippen LogP contribution in [0.4, 0.5) is 0 Å². The van der Waals surface area contributed by atoms with Gasteiger partial charge in [0.05, 0.1) is 0 Å². The van der Waals surface area contributed by atoms with E-state index in [2.05, 4.69) is 77.9 Å². The number of unbranched alkanes of at least 4 members (excludes halogenated alkanes) is 4. The molecule has 0 atom stereocenters. The van der Waals surface area contributed by atoms with E-state index in [1.54, 1.807) is 4.70 Å². The van der Waals surface area contributed by atoms with Crippen LogP contribution < -0.4 is 0 Å². The minimum absolute atomic E-state index is 1.01. The fraction of sp³-hybridized carbons (Fsp3) is 0.529. The summed E-state index contributed by atoms with van der Waals surface area (Å²) in [7, 11) is 0. The molecule has 2 aromatic carbocycles. The fourth-order valence-electron chi connectivity index (χ4n) is 5.55. The van der Waals surface area contributed by atoms with Crippen molar-refractivity contribution in [2.24, 2.45) is 0 Å². The summed E-state index contributed by atoms with van der Waals surface area (Å²) in [6, 6.07) is 13.8. The zero-order valence-corrected chi connectivity index (χ0v) is 23.8. The molecule has 0 bridgehead atoms. The topological polar surface area (TPSA) is 25.3 Å². The second-order valence-electron chi connectivity index (χ2n) is 10.8. The Kier molecular flexibility index (Phi) is 10.7. The van der Waals surface area contributed by atoms with Gasteiger partial charge in [-0.1, -0.05) is 76.6 Å². The Labute approximate surface area is 221 Å². The van der Waals surface area contributed by atoms with Crippen molar-refractivity contribution in [2.45, 2.75) is 119 Å². The minimum atomic E-state index is 1.01. The molecule has 0 unspecified atom stereocenters. The Bertz CT molecular complexity index is 1070. The van der Waals surface area contributed by atoms with Crippen LogP contribution in [0, 0.1) is 13.8 Å². The van der Waals surface area contributed by atoms with E-state index < -0.39 is 0 Å². The third-order valence-corrected chi connectivity index (χ3v) is 7.38. The summed E-state index contributed by atoms with van der Waals surface area (Å²) in [4.78, 5) is 0. The second kappa shape index (κ2) is 13.7. The van der Waals surface area contributed by atoms with Gasteiger partial charge in [0.2, 0.25) is 11.4 Å². The maximum Gasteiger partial charge on any atom is 0.211 e. The first-order valence-electron chi connectivity index (χ1n) is 14.6. The van der Waals surface area contributed by atoms with E-state index >= 15 is 0 Å². The van der Waals surface area contributed by atoms with Crippen LogP contribution in [-0.4, -0.2) is 4.70 Å². The number of benzene rings is 2. The lowest BCUT2D eigenvalue weighted by Crippen LogP contribution is -2.04. The van der Waals surface area contributed by atoms with Crippen LogP contribution in [0.5, 0.6) is 0 Å². The van der Waals surface area contributed by atoms with Gasteiger partial charge in [-0.25, -0.2) is 4.70 Å². The van der Waals surface area contributed by atoms with Crippen molar-refractivity contribution in [3.8, 4) is 0 Å². The molecule has 0 radical (unpaired) electrons. The highest BCUT2D eigenvalue weighted by molar-refractivity contribution is 5.82. The summed E-state index contributed by atoms with van der Waals surface area (Å²) in [5.74, 6) is 0. The molecule has 0 saturated heterocycles. The molecule has 0 aromatic heterocycles. The molecule has 0 saturated carbocycles. The van der Waals surface area contributed by atoms with Gasteiger partial charge in [-0.05, 0) is 101 Å². The predicted molar refractivity (Wildman–Crippen MR) is 156 cm³/mol. The molecule has 0 amide bonds. The Hall–Kier alpha value is -2.48. The van der Waals surface area contributed by atoms with E-state index in [-0.39, 0.29) is 0 Å². The quantitative estimate of drug-likeness (QED) is 0.238. The minimum Gasteiger partial charge on any atom is -0.493 e. The highest BCUT2D eigenvalue weighted by Crippen LogP contribution is 2.45. The number of hydrogen-bond acceptors (Lipinski definition) is 0. The number of aryl methyl sites for hydroxylation is 4. The summed E-state index contributed by atoms with van der Waals surface area (Å²) in [6.45, 7) is 13.4. The van der Waals surface area contributed by atoms with Gasteiger partial charge in [0.25, 0.3) is 0 Å². The van der Waals surface area contributed by atoms with Crippen LogP contribution in [0.3, 0.4) is 0 Å². The number of allylic oxidation sites excluding steroid dienone is 2. The summed E-state index contributed by atoms with van der Waals surface area (Å²) < 4.78 is 1.56. The zero-order chi connectivity index (χ0) is 26.1. The first-order valence-corrected chi connectivity index (χ1v) is 14.6. The molecule has 194 valence electrons. The molecule has 0 N–H and O–H groups in total. The van der Waals surface area contributed by atoms with E-state index in [9.17, 15) is 5.53 Å². The van der Waals surface area contributed by atoms with E-state index in [0.717, 1.165) is 68.3 Å². The van der Waals surface area contributed by atoms with Crippen molar-refractivity contribution in [2.75, 3.05) is 0 Å². The van der Waals surface area contributed by atoms with Crippen LogP contribution in [0.15, 0.2) is 47.5 Å². The van der Waals surface area contributed by atoms with Crippen LogP contribution >= 0.6 is 0 Å². The summed E-state index contributed by atoms with van der Waals surface area (Å²) in [5, 5.41) is 0. The lowest BCUT2D eigenvalue weighted by Gasteiger charge is -2.13. The Morgan fingerprint density at radius 2 is 0.917 bits per heavy atom. The largest absolute Gasteiger partial charge is 0.493 e. The first kappa shape index (κ1) is 28.1. The maximum absolute atomic E-state index is 11.9. The lowest BCUT2D eigenvalue weighted by atomic mass is 9.90. The van der Waals surface area contributed by atoms with Gasteiger partial charge >= 0.3 is 0 Å². The Morgan fingerprint density at radius 1 is 0.528 bits per heavy atom. The summed E-state index contributed by atoms with van der Waals surface area (Å²) >= 11 is 0. The molecule has 0 fully saturated rings. The summed E-state index contributed by atoms with van der Waals surface area (Å²) in [6.07, 6.45) is 13.6. The third kappa shape index (κ3) is 6.84. The number of hydrogen-bond donors (Lipinski definition) is 0. The molecular weight excluding hydrogens is 436 g/mol. The highest BCUT2D eigenvalue weighted by Gasteiger charge is 2.35. The van der Waals surface area contributed by atoms with Gasteiger partial charge in [-0.15, -0.1) is 0 Å². The smallest absolute Gasteiger partial charge is 0.211 e. The normalized spacial score (nSPS) is 13.9. The average Bonchev–Trinajstić information content (AvgIpc) is 3.13. The molecule has 2 aromatic rings. The second-order valence-corrected chi connectivity index (χ2v) is 10.8. The molecule has 1 heterocycles. The van der Waals surface area contributed by atoms with E-state index in [4.69, 9.17) is 0 Å². The van der Waals surface area contributed by atoms with Gasteiger partial charge < -0.3 is 5.53 Å². The first-order chi connectivity index (χ1) is 17.4. The van der Waals surface area contributed by atoms with Crippen molar-refractivity contribution in [3.63, 3.8) is 0 Å². The predicted octanol–water partition coefficient (Wildman–Crippen LogP) is 10.5. The molecule has 0 spiro atoms. The van der Waals surface area contributed by atoms with Gasteiger partial charge in [0.1, 0.15) is 0 Å². The average molecular weight is 485 g/mol. The molecule has 2 nitrogen and oxygen atoms in total. The molecule has 2 heteroatoms. The molecule has 1 aliphatic heterocycles. The molecule has 36 heavy (non-hydrogen) atoms. The van der Waals surface area contributed by atoms with Gasteiger partial charge in [-0.2, -0.15) is 0 Å². The standard InChI is InChI=1S/C34H48N2/c1-7-11-15-27-22-28(16-12-8-2)24-30(23-27)34-32(18-14-10-4)31(17-13-9-3)33(36(34)35)29-20-25(5)19-26(6)21-29/h19-24H,7-18H2,1-6H3. The monoisotopic (exact) mass is 484 g/mol. The number of nitrogens with zero attached hydrogens (tertiary/aromatic N) is 2. The summed E-state index contributed by atoms with van der Waals surface area (Å²) in [5.41, 5.74) is 24.3. The Balaban J connectivity index is 2.21. The van der Waals surface area contributed by atoms with Crippen LogP contribution in [-0.2, 0) is 12.8 Å². The van der Waals surface area contributed by atoms with Gasteiger partial charge in [0.15, 0.2) is 0 Å². The van der Waals surface area contributed by atoms with E-state index in [1.807, 2.05) is 0 Å². The maximum atomic E-state index is 11.9. The van der Waals surface area contributed by atoms with Crippen molar-refractivity contribution < 1.29 is 4.70 Å². The van der Waals surface area contributed by atoms with E-state index in [0.29, 0.717) is 0 Å². The zero-order valence-electron chi connectivity index (χ0n) is 23.8.